The molecule has 6 nitrogen and oxygen atoms in total. The zero-order valence-electron chi connectivity index (χ0n) is 39.5. The summed E-state index contributed by atoms with van der Waals surface area (Å²) in [5.74, 6) is -0.0875. The lowest BCUT2D eigenvalue weighted by molar-refractivity contribution is -0.167. The van der Waals surface area contributed by atoms with Crippen LogP contribution in [-0.4, -0.2) is 37.2 Å². The van der Waals surface area contributed by atoms with Gasteiger partial charge in [0.25, 0.3) is 0 Å². The van der Waals surface area contributed by atoms with Crippen LogP contribution in [0.25, 0.3) is 0 Å². The molecular formula is C52H100O6. The fourth-order valence-electron chi connectivity index (χ4n) is 7.86. The molecular weight excluding hydrogens is 721 g/mol. The van der Waals surface area contributed by atoms with E-state index in [1.807, 2.05) is 0 Å². The van der Waals surface area contributed by atoms with Crippen LogP contribution in [0.1, 0.15) is 291 Å². The summed E-state index contributed by atoms with van der Waals surface area (Å²) in [6.45, 7) is 8.95. The Kier molecular flexibility index (Phi) is 45.2. The van der Waals surface area contributed by atoms with Crippen molar-refractivity contribution in [3.8, 4) is 0 Å². The van der Waals surface area contributed by atoms with Crippen molar-refractivity contribution in [2.75, 3.05) is 13.2 Å². The van der Waals surface area contributed by atoms with Gasteiger partial charge in [-0.25, -0.2) is 0 Å². The lowest BCUT2D eigenvalue weighted by Gasteiger charge is -2.18. The van der Waals surface area contributed by atoms with Crippen molar-refractivity contribution in [3.63, 3.8) is 0 Å². The highest BCUT2D eigenvalue weighted by molar-refractivity contribution is 5.71. The third-order valence-corrected chi connectivity index (χ3v) is 11.8. The second-order valence-corrected chi connectivity index (χ2v) is 18.3. The molecule has 0 saturated carbocycles. The minimum absolute atomic E-state index is 0.0637. The number of hydrogen-bond acceptors (Lipinski definition) is 6. The zero-order chi connectivity index (χ0) is 42.4. The molecule has 0 aromatic heterocycles. The van der Waals surface area contributed by atoms with E-state index in [-0.39, 0.29) is 31.1 Å². The van der Waals surface area contributed by atoms with Gasteiger partial charge in [0, 0.05) is 19.3 Å². The molecule has 6 heteroatoms. The van der Waals surface area contributed by atoms with Crippen LogP contribution in [0.3, 0.4) is 0 Å². The van der Waals surface area contributed by atoms with Gasteiger partial charge in [0.15, 0.2) is 6.10 Å². The van der Waals surface area contributed by atoms with E-state index in [4.69, 9.17) is 14.2 Å². The Morgan fingerprint density at radius 1 is 0.328 bits per heavy atom. The van der Waals surface area contributed by atoms with Crippen LogP contribution >= 0.6 is 0 Å². The number of esters is 3. The first-order chi connectivity index (χ1) is 28.4. The van der Waals surface area contributed by atoms with Crippen molar-refractivity contribution in [2.45, 2.75) is 297 Å². The van der Waals surface area contributed by atoms with Crippen LogP contribution in [0.2, 0.25) is 0 Å². The average molecular weight is 821 g/mol. The largest absolute Gasteiger partial charge is 0.462 e. The predicted molar refractivity (Wildman–Crippen MR) is 247 cm³/mol. The minimum atomic E-state index is -0.760. The van der Waals surface area contributed by atoms with Gasteiger partial charge in [0.2, 0.25) is 0 Å². The topological polar surface area (TPSA) is 78.9 Å². The molecule has 0 radical (unpaired) electrons. The number of hydrogen-bond donors (Lipinski definition) is 0. The van der Waals surface area contributed by atoms with Gasteiger partial charge in [-0.05, 0) is 25.2 Å². The first-order valence-corrected chi connectivity index (χ1v) is 25.9. The molecule has 58 heavy (non-hydrogen) atoms. The molecule has 0 heterocycles. The van der Waals surface area contributed by atoms with E-state index >= 15 is 0 Å². The first kappa shape index (κ1) is 56.4. The Bertz CT molecular complexity index is 872. The van der Waals surface area contributed by atoms with Crippen molar-refractivity contribution >= 4 is 17.9 Å². The Morgan fingerprint density at radius 3 is 0.845 bits per heavy atom. The van der Waals surface area contributed by atoms with E-state index in [2.05, 4.69) is 27.7 Å². The van der Waals surface area contributed by atoms with Crippen molar-refractivity contribution in [1.82, 2.24) is 0 Å². The second kappa shape index (κ2) is 46.5. The number of carbonyl (C=O) groups excluding carboxylic acids is 3. The standard InChI is InChI=1S/C52H100O6/c1-5-7-9-11-13-15-17-19-20-21-22-23-24-25-27-28-30-35-39-43-50(53)56-46-49(47-57-51(54)44-40-36-33-32-34-38-42-48(3)4)58-52(55)45-41-37-31-29-26-18-16-14-12-10-8-6-2/h48-49H,5-47H2,1-4H3/t49-/m1/s1. The maximum atomic E-state index is 12.7. The lowest BCUT2D eigenvalue weighted by Crippen LogP contribution is -2.30. The van der Waals surface area contributed by atoms with Crippen LogP contribution in [0, 0.1) is 5.92 Å². The smallest absolute Gasteiger partial charge is 0.306 e. The predicted octanol–water partition coefficient (Wildman–Crippen LogP) is 16.7. The van der Waals surface area contributed by atoms with Crippen LogP contribution in [0.15, 0.2) is 0 Å². The molecule has 0 bridgehead atoms. The van der Waals surface area contributed by atoms with Gasteiger partial charge in [-0.2, -0.15) is 0 Å². The monoisotopic (exact) mass is 821 g/mol. The normalized spacial score (nSPS) is 11.9. The summed E-state index contributed by atoms with van der Waals surface area (Å²) in [6.07, 6.45) is 48.2. The van der Waals surface area contributed by atoms with Crippen LogP contribution < -0.4 is 0 Å². The van der Waals surface area contributed by atoms with Gasteiger partial charge >= 0.3 is 17.9 Å². The van der Waals surface area contributed by atoms with Crippen molar-refractivity contribution in [3.05, 3.63) is 0 Å². The van der Waals surface area contributed by atoms with Gasteiger partial charge in [0.1, 0.15) is 13.2 Å². The molecule has 0 N–H and O–H groups in total. The number of ether oxygens (including phenoxy) is 3. The molecule has 0 fully saturated rings. The molecule has 0 unspecified atom stereocenters. The summed E-state index contributed by atoms with van der Waals surface area (Å²) in [6, 6.07) is 0. The molecule has 0 aliphatic heterocycles. The zero-order valence-corrected chi connectivity index (χ0v) is 39.5. The van der Waals surface area contributed by atoms with Crippen LogP contribution in [0.5, 0.6) is 0 Å². The molecule has 1 atom stereocenters. The highest BCUT2D eigenvalue weighted by atomic mass is 16.6. The van der Waals surface area contributed by atoms with Crippen LogP contribution in [-0.2, 0) is 28.6 Å². The molecule has 0 rings (SSSR count). The van der Waals surface area contributed by atoms with E-state index in [9.17, 15) is 14.4 Å². The fraction of sp³-hybridized carbons (Fsp3) is 0.942. The van der Waals surface area contributed by atoms with Gasteiger partial charge < -0.3 is 14.2 Å². The second-order valence-electron chi connectivity index (χ2n) is 18.3. The molecule has 0 spiro atoms. The minimum Gasteiger partial charge on any atom is -0.462 e. The molecule has 344 valence electrons. The fourth-order valence-corrected chi connectivity index (χ4v) is 7.86. The number of carbonyl (C=O) groups is 3. The Morgan fingerprint density at radius 2 is 0.569 bits per heavy atom. The summed E-state index contributed by atoms with van der Waals surface area (Å²) in [4.78, 5) is 37.8. The Labute approximate surface area is 361 Å². The first-order valence-electron chi connectivity index (χ1n) is 25.9. The van der Waals surface area contributed by atoms with Crippen molar-refractivity contribution in [1.29, 1.82) is 0 Å². The number of rotatable bonds is 47. The molecule has 0 aromatic carbocycles. The molecule has 0 saturated heterocycles. The summed E-state index contributed by atoms with van der Waals surface area (Å²) in [7, 11) is 0. The highest BCUT2D eigenvalue weighted by Crippen LogP contribution is 2.17. The summed E-state index contributed by atoms with van der Waals surface area (Å²) in [5, 5.41) is 0. The highest BCUT2D eigenvalue weighted by Gasteiger charge is 2.19. The van der Waals surface area contributed by atoms with E-state index in [0.29, 0.717) is 19.3 Å². The third-order valence-electron chi connectivity index (χ3n) is 11.8. The van der Waals surface area contributed by atoms with Gasteiger partial charge in [0.05, 0.1) is 0 Å². The summed E-state index contributed by atoms with van der Waals surface area (Å²) >= 11 is 0. The van der Waals surface area contributed by atoms with E-state index in [1.54, 1.807) is 0 Å². The summed E-state index contributed by atoms with van der Waals surface area (Å²) in [5.41, 5.74) is 0. The maximum Gasteiger partial charge on any atom is 0.306 e. The van der Waals surface area contributed by atoms with Gasteiger partial charge in [-0.3, -0.25) is 14.4 Å². The number of unbranched alkanes of at least 4 members (excludes halogenated alkanes) is 34. The van der Waals surface area contributed by atoms with E-state index in [0.717, 1.165) is 63.7 Å². The van der Waals surface area contributed by atoms with E-state index < -0.39 is 6.10 Å². The van der Waals surface area contributed by atoms with Crippen molar-refractivity contribution < 1.29 is 28.6 Å². The molecule has 0 aliphatic carbocycles. The quantitative estimate of drug-likeness (QED) is 0.0346. The van der Waals surface area contributed by atoms with E-state index in [1.165, 1.54) is 186 Å². The lowest BCUT2D eigenvalue weighted by atomic mass is 10.0. The Hall–Kier alpha value is -1.59. The van der Waals surface area contributed by atoms with Gasteiger partial charge in [-0.1, -0.05) is 252 Å². The molecule has 0 amide bonds. The van der Waals surface area contributed by atoms with Crippen LogP contribution in [0.4, 0.5) is 0 Å². The van der Waals surface area contributed by atoms with Crippen molar-refractivity contribution in [2.24, 2.45) is 5.92 Å². The maximum absolute atomic E-state index is 12.7. The SMILES string of the molecule is CCCCCCCCCCCCCCCCCCCCCC(=O)OC[C@H](COC(=O)CCCCCCCCC(C)C)OC(=O)CCCCCCCCCCCCCC. The Balaban J connectivity index is 4.21. The molecule has 0 aliphatic rings. The third kappa shape index (κ3) is 45.5. The molecule has 0 aromatic rings. The van der Waals surface area contributed by atoms with Gasteiger partial charge in [-0.15, -0.1) is 0 Å². The summed E-state index contributed by atoms with van der Waals surface area (Å²) < 4.78 is 16.8. The average Bonchev–Trinajstić information content (AvgIpc) is 3.21.